The van der Waals surface area contributed by atoms with Crippen molar-refractivity contribution in [3.8, 4) is 5.75 Å². The third kappa shape index (κ3) is 2.66. The molecule has 0 radical (unpaired) electrons. The van der Waals surface area contributed by atoms with Gasteiger partial charge in [-0.3, -0.25) is 10.1 Å². The smallest absolute Gasteiger partial charge is 0.261 e. The van der Waals surface area contributed by atoms with Gasteiger partial charge in [0.25, 0.3) is 5.91 Å². The molecule has 3 aromatic rings. The average Bonchev–Trinajstić information content (AvgIpc) is 2.89. The molecule has 0 spiro atoms. The van der Waals surface area contributed by atoms with Gasteiger partial charge in [0.15, 0.2) is 5.13 Å². The number of nitrogens with two attached hydrogens (primary N) is 1. The second-order valence-corrected chi connectivity index (χ2v) is 5.43. The van der Waals surface area contributed by atoms with Crippen LogP contribution in [0.2, 0.25) is 0 Å². The van der Waals surface area contributed by atoms with Gasteiger partial charge in [-0.1, -0.05) is 23.5 Å². The molecule has 0 fully saturated rings. The van der Waals surface area contributed by atoms with Crippen LogP contribution in [0.5, 0.6) is 5.75 Å². The van der Waals surface area contributed by atoms with Crippen LogP contribution in [-0.4, -0.2) is 18.0 Å². The highest BCUT2D eigenvalue weighted by atomic mass is 32.1. The summed E-state index contributed by atoms with van der Waals surface area (Å²) in [5.41, 5.74) is 7.48. The first-order valence-electron chi connectivity index (χ1n) is 6.28. The number of para-hydroxylation sites is 1. The Bertz CT molecular complexity index is 781. The molecule has 0 aliphatic heterocycles. The standard InChI is InChI=1S/C15H13N3O2S/c1-20-12-7-6-9(16)8-10(12)14(19)18-15-17-11-4-2-3-5-13(11)21-15/h2-8H,16H2,1H3,(H,17,18,19). The zero-order valence-electron chi connectivity index (χ0n) is 11.3. The van der Waals surface area contributed by atoms with E-state index >= 15 is 0 Å². The number of amides is 1. The molecule has 0 saturated heterocycles. The topological polar surface area (TPSA) is 77.2 Å². The molecule has 3 N–H and O–H groups in total. The molecule has 5 nitrogen and oxygen atoms in total. The van der Waals surface area contributed by atoms with Gasteiger partial charge in [0.05, 0.1) is 22.9 Å². The van der Waals surface area contributed by atoms with Crippen LogP contribution in [-0.2, 0) is 0 Å². The number of rotatable bonds is 3. The number of fused-ring (bicyclic) bond motifs is 1. The summed E-state index contributed by atoms with van der Waals surface area (Å²) in [6.07, 6.45) is 0. The van der Waals surface area contributed by atoms with E-state index in [4.69, 9.17) is 10.5 Å². The molecular weight excluding hydrogens is 286 g/mol. The Hall–Kier alpha value is -2.60. The molecule has 2 aromatic carbocycles. The maximum absolute atomic E-state index is 12.3. The van der Waals surface area contributed by atoms with Crippen LogP contribution in [0.15, 0.2) is 42.5 Å². The number of nitrogens with one attached hydrogen (secondary N) is 1. The zero-order chi connectivity index (χ0) is 14.8. The van der Waals surface area contributed by atoms with Crippen molar-refractivity contribution < 1.29 is 9.53 Å². The van der Waals surface area contributed by atoms with Crippen LogP contribution in [0.4, 0.5) is 10.8 Å². The molecule has 1 heterocycles. The fourth-order valence-corrected chi connectivity index (χ4v) is 2.85. The number of methoxy groups -OCH3 is 1. The fourth-order valence-electron chi connectivity index (χ4n) is 1.99. The Morgan fingerprint density at radius 1 is 1.29 bits per heavy atom. The van der Waals surface area contributed by atoms with Gasteiger partial charge >= 0.3 is 0 Å². The summed E-state index contributed by atoms with van der Waals surface area (Å²) < 4.78 is 6.21. The van der Waals surface area contributed by atoms with E-state index in [2.05, 4.69) is 10.3 Å². The van der Waals surface area contributed by atoms with Crippen molar-refractivity contribution in [2.45, 2.75) is 0 Å². The molecule has 0 bridgehead atoms. The molecule has 0 aliphatic rings. The number of ether oxygens (including phenoxy) is 1. The number of nitrogens with zero attached hydrogens (tertiary/aromatic N) is 1. The number of nitrogen functional groups attached to an aromatic ring is 1. The summed E-state index contributed by atoms with van der Waals surface area (Å²) in [6, 6.07) is 12.7. The van der Waals surface area contributed by atoms with Gasteiger partial charge in [-0.05, 0) is 30.3 Å². The fraction of sp³-hybridized carbons (Fsp3) is 0.0667. The van der Waals surface area contributed by atoms with Crippen LogP contribution in [0.1, 0.15) is 10.4 Å². The molecule has 1 amide bonds. The third-order valence-corrected chi connectivity index (χ3v) is 3.93. The van der Waals surface area contributed by atoms with Crippen molar-refractivity contribution in [2.24, 2.45) is 0 Å². The summed E-state index contributed by atoms with van der Waals surface area (Å²) in [5.74, 6) is 0.181. The molecule has 1 aromatic heterocycles. The molecular formula is C15H13N3O2S. The van der Waals surface area contributed by atoms with E-state index in [-0.39, 0.29) is 5.91 Å². The van der Waals surface area contributed by atoms with Crippen molar-refractivity contribution in [3.05, 3.63) is 48.0 Å². The molecule has 0 aliphatic carbocycles. The van der Waals surface area contributed by atoms with Gasteiger partial charge in [0.2, 0.25) is 0 Å². The number of benzene rings is 2. The lowest BCUT2D eigenvalue weighted by Crippen LogP contribution is -2.13. The van der Waals surface area contributed by atoms with E-state index in [1.807, 2.05) is 24.3 Å². The minimum atomic E-state index is -0.293. The van der Waals surface area contributed by atoms with Gasteiger partial charge in [0.1, 0.15) is 5.75 Å². The molecule has 6 heteroatoms. The lowest BCUT2D eigenvalue weighted by atomic mass is 10.1. The van der Waals surface area contributed by atoms with Gasteiger partial charge in [0, 0.05) is 5.69 Å². The summed E-state index contributed by atoms with van der Waals surface area (Å²) in [5, 5.41) is 3.33. The van der Waals surface area contributed by atoms with E-state index in [0.717, 1.165) is 10.2 Å². The minimum Gasteiger partial charge on any atom is -0.496 e. The summed E-state index contributed by atoms with van der Waals surface area (Å²) in [6.45, 7) is 0. The average molecular weight is 299 g/mol. The van der Waals surface area contributed by atoms with Gasteiger partial charge in [-0.15, -0.1) is 0 Å². The molecule has 3 rings (SSSR count). The lowest BCUT2D eigenvalue weighted by molar-refractivity contribution is 0.102. The first-order valence-corrected chi connectivity index (χ1v) is 7.09. The Labute approximate surface area is 125 Å². The first-order chi connectivity index (χ1) is 10.2. The SMILES string of the molecule is COc1ccc(N)cc1C(=O)Nc1nc2ccccc2s1. The molecule has 0 atom stereocenters. The highest BCUT2D eigenvalue weighted by molar-refractivity contribution is 7.22. The Kier molecular flexibility index (Phi) is 3.45. The van der Waals surface area contributed by atoms with E-state index in [1.165, 1.54) is 18.4 Å². The van der Waals surface area contributed by atoms with Crippen molar-refractivity contribution in [2.75, 3.05) is 18.2 Å². The van der Waals surface area contributed by atoms with E-state index in [0.29, 0.717) is 22.1 Å². The van der Waals surface area contributed by atoms with Crippen LogP contribution < -0.4 is 15.8 Å². The number of aromatic nitrogens is 1. The molecule has 0 saturated carbocycles. The van der Waals surface area contributed by atoms with Crippen molar-refractivity contribution >= 4 is 38.3 Å². The second kappa shape index (κ2) is 5.41. The van der Waals surface area contributed by atoms with E-state index in [9.17, 15) is 4.79 Å². The minimum absolute atomic E-state index is 0.293. The highest BCUT2D eigenvalue weighted by Gasteiger charge is 2.14. The lowest BCUT2D eigenvalue weighted by Gasteiger charge is -2.08. The number of hydrogen-bond acceptors (Lipinski definition) is 5. The number of hydrogen-bond donors (Lipinski definition) is 2. The number of thiazole rings is 1. The maximum Gasteiger partial charge on any atom is 0.261 e. The summed E-state index contributed by atoms with van der Waals surface area (Å²) in [4.78, 5) is 16.7. The second-order valence-electron chi connectivity index (χ2n) is 4.40. The Balaban J connectivity index is 1.90. The van der Waals surface area contributed by atoms with Crippen LogP contribution in [0.25, 0.3) is 10.2 Å². The van der Waals surface area contributed by atoms with Gasteiger partial charge in [-0.25, -0.2) is 4.98 Å². The Morgan fingerprint density at radius 2 is 2.10 bits per heavy atom. The predicted molar refractivity (Wildman–Crippen MR) is 85.0 cm³/mol. The zero-order valence-corrected chi connectivity index (χ0v) is 12.1. The van der Waals surface area contributed by atoms with Crippen LogP contribution in [0.3, 0.4) is 0 Å². The van der Waals surface area contributed by atoms with Crippen molar-refractivity contribution in [1.82, 2.24) is 4.98 Å². The van der Waals surface area contributed by atoms with Crippen LogP contribution in [0, 0.1) is 0 Å². The van der Waals surface area contributed by atoms with Crippen molar-refractivity contribution in [1.29, 1.82) is 0 Å². The van der Waals surface area contributed by atoms with E-state index < -0.39 is 0 Å². The highest BCUT2D eigenvalue weighted by Crippen LogP contribution is 2.27. The van der Waals surface area contributed by atoms with E-state index in [1.54, 1.807) is 18.2 Å². The molecule has 21 heavy (non-hydrogen) atoms. The Morgan fingerprint density at radius 3 is 2.86 bits per heavy atom. The predicted octanol–water partition coefficient (Wildman–Crippen LogP) is 3.14. The summed E-state index contributed by atoms with van der Waals surface area (Å²) in [7, 11) is 1.51. The largest absolute Gasteiger partial charge is 0.496 e. The number of anilines is 2. The van der Waals surface area contributed by atoms with Crippen molar-refractivity contribution in [3.63, 3.8) is 0 Å². The monoisotopic (exact) mass is 299 g/mol. The maximum atomic E-state index is 12.3. The van der Waals surface area contributed by atoms with Gasteiger partial charge in [-0.2, -0.15) is 0 Å². The normalized spacial score (nSPS) is 10.5. The quantitative estimate of drug-likeness (QED) is 0.728. The number of carbonyl (C=O) groups is 1. The number of carbonyl (C=O) groups excluding carboxylic acids is 1. The third-order valence-electron chi connectivity index (χ3n) is 2.98. The van der Waals surface area contributed by atoms with Gasteiger partial charge < -0.3 is 10.5 Å². The summed E-state index contributed by atoms with van der Waals surface area (Å²) >= 11 is 1.42. The van der Waals surface area contributed by atoms with Crippen LogP contribution >= 0.6 is 11.3 Å². The first kappa shape index (κ1) is 13.4. The molecule has 0 unspecified atom stereocenters. The molecule has 106 valence electrons.